The Hall–Kier alpha value is -0.0100. The van der Waals surface area contributed by atoms with Crippen molar-refractivity contribution in [1.29, 1.82) is 0 Å². The Bertz CT molecular complexity index is 203. The first-order valence-corrected chi connectivity index (χ1v) is 4.68. The van der Waals surface area contributed by atoms with Gasteiger partial charge in [0.05, 0.1) is 0 Å². The van der Waals surface area contributed by atoms with Crippen molar-refractivity contribution in [1.82, 2.24) is 0 Å². The highest BCUT2D eigenvalue weighted by atomic mass is 35.5. The zero-order valence-corrected chi connectivity index (χ0v) is 7.80. The highest BCUT2D eigenvalue weighted by Crippen LogP contribution is 2.15. The molecule has 1 heterocycles. The van der Waals surface area contributed by atoms with Crippen LogP contribution in [0.3, 0.4) is 0 Å². The van der Waals surface area contributed by atoms with Gasteiger partial charge in [0.2, 0.25) is 0 Å². The Morgan fingerprint density at radius 3 is 2.80 bits per heavy atom. The second-order valence-electron chi connectivity index (χ2n) is 2.55. The summed E-state index contributed by atoms with van der Waals surface area (Å²) in [6.07, 6.45) is 0.992. The lowest BCUT2D eigenvalue weighted by atomic mass is 10.2. The molecule has 10 heavy (non-hydrogen) atoms. The number of rotatable bonds is 2. The summed E-state index contributed by atoms with van der Waals surface area (Å²) >= 11 is 7.61. The Balaban J connectivity index is 2.58. The van der Waals surface area contributed by atoms with E-state index in [1.165, 1.54) is 10.4 Å². The van der Waals surface area contributed by atoms with Crippen LogP contribution in [0.5, 0.6) is 0 Å². The smallest absolute Gasteiger partial charge is 0.0348 e. The van der Waals surface area contributed by atoms with Gasteiger partial charge in [0, 0.05) is 10.3 Å². The molecule has 0 amide bonds. The second kappa shape index (κ2) is 3.40. The monoisotopic (exact) mass is 174 g/mol. The molecule has 0 saturated heterocycles. The van der Waals surface area contributed by atoms with Gasteiger partial charge in [-0.2, -0.15) is 0 Å². The molecule has 0 fully saturated rings. The highest BCUT2D eigenvalue weighted by Gasteiger charge is 1.99. The molecule has 1 unspecified atom stereocenters. The van der Waals surface area contributed by atoms with E-state index in [9.17, 15) is 0 Å². The quantitative estimate of drug-likeness (QED) is 0.604. The van der Waals surface area contributed by atoms with Gasteiger partial charge in [-0.05, 0) is 37.3 Å². The van der Waals surface area contributed by atoms with Gasteiger partial charge >= 0.3 is 0 Å². The molecule has 0 aliphatic rings. The average Bonchev–Trinajstić information content (AvgIpc) is 2.13. The molecule has 2 heteroatoms. The summed E-state index contributed by atoms with van der Waals surface area (Å²) in [7, 11) is 0. The first kappa shape index (κ1) is 8.09. The predicted octanol–water partition coefficient (Wildman–Crippen LogP) is 3.23. The number of aryl methyl sites for hydroxylation is 1. The van der Waals surface area contributed by atoms with Crippen LogP contribution < -0.4 is 0 Å². The van der Waals surface area contributed by atoms with Crippen LogP contribution in [0, 0.1) is 6.92 Å². The van der Waals surface area contributed by atoms with E-state index in [-0.39, 0.29) is 5.38 Å². The third-order valence-corrected chi connectivity index (χ3v) is 2.37. The van der Waals surface area contributed by atoms with Crippen molar-refractivity contribution in [2.75, 3.05) is 0 Å². The fraction of sp³-hybridized carbons (Fsp3) is 0.500. The molecule has 0 radical (unpaired) electrons. The molecule has 0 spiro atoms. The highest BCUT2D eigenvalue weighted by molar-refractivity contribution is 7.10. The fourth-order valence-corrected chi connectivity index (χ4v) is 1.83. The third kappa shape index (κ3) is 2.31. The third-order valence-electron chi connectivity index (χ3n) is 1.30. The average molecular weight is 175 g/mol. The van der Waals surface area contributed by atoms with Crippen LogP contribution in [0.2, 0.25) is 0 Å². The molecule has 0 bridgehead atoms. The maximum Gasteiger partial charge on any atom is 0.0348 e. The minimum atomic E-state index is 0.258. The van der Waals surface area contributed by atoms with E-state index in [0.717, 1.165) is 6.42 Å². The summed E-state index contributed by atoms with van der Waals surface area (Å²) in [6.45, 7) is 4.14. The van der Waals surface area contributed by atoms with Crippen molar-refractivity contribution in [2.24, 2.45) is 0 Å². The SMILES string of the molecule is Cc1cc(CC(C)Cl)cs1. The van der Waals surface area contributed by atoms with E-state index < -0.39 is 0 Å². The van der Waals surface area contributed by atoms with Crippen LogP contribution in [0.4, 0.5) is 0 Å². The summed E-state index contributed by atoms with van der Waals surface area (Å²) < 4.78 is 0. The molecule has 0 saturated carbocycles. The van der Waals surface area contributed by atoms with E-state index in [2.05, 4.69) is 18.4 Å². The normalized spacial score (nSPS) is 13.5. The van der Waals surface area contributed by atoms with Crippen LogP contribution in [-0.4, -0.2) is 5.38 Å². The van der Waals surface area contributed by atoms with E-state index in [4.69, 9.17) is 11.6 Å². The number of halogens is 1. The Morgan fingerprint density at radius 1 is 1.70 bits per heavy atom. The Kier molecular flexibility index (Phi) is 2.75. The molecule has 0 nitrogen and oxygen atoms in total. The molecular formula is C8H11ClS. The van der Waals surface area contributed by atoms with Gasteiger partial charge in [0.1, 0.15) is 0 Å². The minimum absolute atomic E-state index is 0.258. The van der Waals surface area contributed by atoms with E-state index in [1.54, 1.807) is 11.3 Å². The molecule has 0 N–H and O–H groups in total. The molecule has 1 aromatic heterocycles. The van der Waals surface area contributed by atoms with Gasteiger partial charge in [-0.3, -0.25) is 0 Å². The summed E-state index contributed by atoms with van der Waals surface area (Å²) in [4.78, 5) is 1.37. The largest absolute Gasteiger partial charge is 0.149 e. The summed E-state index contributed by atoms with van der Waals surface area (Å²) in [5.41, 5.74) is 1.37. The van der Waals surface area contributed by atoms with Crippen molar-refractivity contribution >= 4 is 22.9 Å². The zero-order valence-electron chi connectivity index (χ0n) is 6.23. The van der Waals surface area contributed by atoms with Crippen molar-refractivity contribution in [3.63, 3.8) is 0 Å². The standard InChI is InChI=1S/C8H11ClS/c1-6(9)3-8-4-7(2)10-5-8/h4-6H,3H2,1-2H3. The molecule has 1 atom stereocenters. The zero-order chi connectivity index (χ0) is 7.56. The van der Waals surface area contributed by atoms with Gasteiger partial charge < -0.3 is 0 Å². The molecule has 56 valence electrons. The van der Waals surface area contributed by atoms with Crippen molar-refractivity contribution in [3.8, 4) is 0 Å². The molecule has 1 rings (SSSR count). The van der Waals surface area contributed by atoms with Gasteiger partial charge in [-0.25, -0.2) is 0 Å². The fourth-order valence-electron chi connectivity index (χ4n) is 0.930. The van der Waals surface area contributed by atoms with Crippen LogP contribution >= 0.6 is 22.9 Å². The topological polar surface area (TPSA) is 0 Å². The maximum absolute atomic E-state index is 5.83. The summed E-state index contributed by atoms with van der Waals surface area (Å²) in [5, 5.41) is 2.43. The van der Waals surface area contributed by atoms with Crippen molar-refractivity contribution in [2.45, 2.75) is 25.6 Å². The van der Waals surface area contributed by atoms with Crippen LogP contribution in [-0.2, 0) is 6.42 Å². The second-order valence-corrected chi connectivity index (χ2v) is 4.41. The Morgan fingerprint density at radius 2 is 2.40 bits per heavy atom. The van der Waals surface area contributed by atoms with Crippen molar-refractivity contribution < 1.29 is 0 Å². The minimum Gasteiger partial charge on any atom is -0.149 e. The lowest BCUT2D eigenvalue weighted by molar-refractivity contribution is 0.936. The van der Waals surface area contributed by atoms with Gasteiger partial charge in [0.25, 0.3) is 0 Å². The lowest BCUT2D eigenvalue weighted by Gasteiger charge is -1.96. The predicted molar refractivity (Wildman–Crippen MR) is 48.1 cm³/mol. The Labute approximate surface area is 70.8 Å². The molecule has 0 aliphatic heterocycles. The number of alkyl halides is 1. The van der Waals surface area contributed by atoms with E-state index >= 15 is 0 Å². The van der Waals surface area contributed by atoms with Crippen LogP contribution in [0.25, 0.3) is 0 Å². The summed E-state index contributed by atoms with van der Waals surface area (Å²) in [5.74, 6) is 0. The van der Waals surface area contributed by atoms with Gasteiger partial charge in [-0.1, -0.05) is 0 Å². The molecule has 1 aromatic rings. The van der Waals surface area contributed by atoms with Crippen molar-refractivity contribution in [3.05, 3.63) is 21.9 Å². The van der Waals surface area contributed by atoms with E-state index in [1.807, 2.05) is 6.92 Å². The number of hydrogen-bond acceptors (Lipinski definition) is 1. The molecular weight excluding hydrogens is 164 g/mol. The number of hydrogen-bond donors (Lipinski definition) is 0. The van der Waals surface area contributed by atoms with Crippen LogP contribution in [0.15, 0.2) is 11.4 Å². The molecule has 0 aliphatic carbocycles. The first-order chi connectivity index (χ1) is 4.68. The molecule has 0 aromatic carbocycles. The first-order valence-electron chi connectivity index (χ1n) is 3.36. The maximum atomic E-state index is 5.83. The van der Waals surface area contributed by atoms with Gasteiger partial charge in [0.15, 0.2) is 0 Å². The lowest BCUT2D eigenvalue weighted by Crippen LogP contribution is -1.94. The summed E-state index contributed by atoms with van der Waals surface area (Å²) in [6, 6.07) is 2.20. The van der Waals surface area contributed by atoms with Gasteiger partial charge in [-0.15, -0.1) is 22.9 Å². The number of thiophene rings is 1. The van der Waals surface area contributed by atoms with E-state index in [0.29, 0.717) is 0 Å². The van der Waals surface area contributed by atoms with Crippen LogP contribution in [0.1, 0.15) is 17.4 Å².